The Kier molecular flexibility index (Phi) is 3.12. The predicted octanol–water partition coefficient (Wildman–Crippen LogP) is 4.10. The Morgan fingerprint density at radius 3 is 2.79 bits per heavy atom. The van der Waals surface area contributed by atoms with Crippen LogP contribution in [0.1, 0.15) is 11.1 Å². The van der Waals surface area contributed by atoms with Crippen molar-refractivity contribution in [2.45, 2.75) is 13.5 Å². The van der Waals surface area contributed by atoms with Crippen molar-refractivity contribution in [3.05, 3.63) is 57.4 Å². The Labute approximate surface area is 120 Å². The first-order valence-corrected chi connectivity index (χ1v) is 6.72. The van der Waals surface area contributed by atoms with Crippen LogP contribution in [0.15, 0.2) is 36.5 Å². The average molecular weight is 290 g/mol. The highest BCUT2D eigenvalue weighted by Crippen LogP contribution is 2.17. The van der Waals surface area contributed by atoms with Gasteiger partial charge in [-0.05, 0) is 30.8 Å². The van der Waals surface area contributed by atoms with Gasteiger partial charge in [0, 0.05) is 6.20 Å². The molecule has 0 radical (unpaired) electrons. The Balaban J connectivity index is 2.07. The molecular weight excluding hydrogens is 278 g/mol. The smallest absolute Gasteiger partial charge is 0.179 e. The topological polar surface area (TPSA) is 33.6 Å². The van der Waals surface area contributed by atoms with Crippen molar-refractivity contribution in [2.75, 3.05) is 0 Å². The van der Waals surface area contributed by atoms with E-state index in [4.69, 9.17) is 23.8 Å². The van der Waals surface area contributed by atoms with Crippen molar-refractivity contribution in [1.82, 2.24) is 14.5 Å². The zero-order valence-electron chi connectivity index (χ0n) is 10.4. The van der Waals surface area contributed by atoms with Crippen LogP contribution in [0.4, 0.5) is 0 Å². The number of pyridine rings is 1. The lowest BCUT2D eigenvalue weighted by molar-refractivity contribution is 0.800. The van der Waals surface area contributed by atoms with Crippen LogP contribution < -0.4 is 0 Å². The fourth-order valence-corrected chi connectivity index (χ4v) is 2.46. The summed E-state index contributed by atoms with van der Waals surface area (Å²) >= 11 is 11.3. The molecule has 0 atom stereocenters. The van der Waals surface area contributed by atoms with Gasteiger partial charge < -0.3 is 4.98 Å². The van der Waals surface area contributed by atoms with Crippen molar-refractivity contribution in [1.29, 1.82) is 0 Å². The van der Waals surface area contributed by atoms with Gasteiger partial charge in [-0.2, -0.15) is 0 Å². The molecule has 96 valence electrons. The predicted molar refractivity (Wildman–Crippen MR) is 80.2 cm³/mol. The Hall–Kier alpha value is -1.65. The van der Waals surface area contributed by atoms with E-state index in [0.29, 0.717) is 16.3 Å². The Bertz CT molecular complexity index is 787. The highest BCUT2D eigenvalue weighted by atomic mass is 35.5. The molecule has 3 rings (SSSR count). The largest absolute Gasteiger partial charge is 0.329 e. The van der Waals surface area contributed by atoms with E-state index in [-0.39, 0.29) is 0 Å². The third kappa shape index (κ3) is 2.41. The monoisotopic (exact) mass is 289 g/mol. The summed E-state index contributed by atoms with van der Waals surface area (Å²) < 4.78 is 2.64. The summed E-state index contributed by atoms with van der Waals surface area (Å²) in [4.78, 5) is 7.48. The van der Waals surface area contributed by atoms with Crippen LogP contribution in [0.25, 0.3) is 11.2 Å². The van der Waals surface area contributed by atoms with E-state index in [9.17, 15) is 0 Å². The maximum absolute atomic E-state index is 5.93. The molecule has 1 aromatic carbocycles. The van der Waals surface area contributed by atoms with Gasteiger partial charge >= 0.3 is 0 Å². The molecule has 2 heterocycles. The van der Waals surface area contributed by atoms with Crippen LogP contribution in [0.5, 0.6) is 0 Å². The molecule has 0 amide bonds. The van der Waals surface area contributed by atoms with Crippen molar-refractivity contribution < 1.29 is 0 Å². The van der Waals surface area contributed by atoms with Gasteiger partial charge in [0.25, 0.3) is 0 Å². The molecule has 0 bridgehead atoms. The number of nitrogens with one attached hydrogen (secondary N) is 1. The standard InChI is InChI=1S/C14H12ClN3S/c1-9-2-4-10(5-3-9)8-18-13-12(17-14(18)19)6-11(15)7-16-13/h2-7H,8H2,1H3,(H,17,19). The first-order valence-electron chi connectivity index (χ1n) is 5.93. The second-order valence-corrected chi connectivity index (χ2v) is 5.35. The highest BCUT2D eigenvalue weighted by Gasteiger charge is 2.06. The van der Waals surface area contributed by atoms with Crippen LogP contribution in [-0.4, -0.2) is 14.5 Å². The van der Waals surface area contributed by atoms with Gasteiger partial charge in [0.2, 0.25) is 0 Å². The van der Waals surface area contributed by atoms with Crippen LogP contribution in [0.2, 0.25) is 5.02 Å². The Morgan fingerprint density at radius 2 is 2.05 bits per heavy atom. The number of rotatable bonds is 2. The van der Waals surface area contributed by atoms with Crippen molar-refractivity contribution in [2.24, 2.45) is 0 Å². The second kappa shape index (κ2) is 4.79. The van der Waals surface area contributed by atoms with Gasteiger partial charge in [-0.3, -0.25) is 4.57 Å². The quantitative estimate of drug-likeness (QED) is 0.721. The minimum absolute atomic E-state index is 0.603. The Morgan fingerprint density at radius 1 is 1.32 bits per heavy atom. The fraction of sp³-hybridized carbons (Fsp3) is 0.143. The molecule has 19 heavy (non-hydrogen) atoms. The molecule has 0 aliphatic heterocycles. The molecule has 0 unspecified atom stereocenters. The summed E-state index contributed by atoms with van der Waals surface area (Å²) in [6.07, 6.45) is 1.64. The number of hydrogen-bond donors (Lipinski definition) is 1. The lowest BCUT2D eigenvalue weighted by Gasteiger charge is -2.04. The molecule has 0 saturated heterocycles. The molecule has 0 saturated carbocycles. The minimum Gasteiger partial charge on any atom is -0.329 e. The molecule has 3 aromatic rings. The van der Waals surface area contributed by atoms with Gasteiger partial charge in [-0.15, -0.1) is 0 Å². The number of hydrogen-bond acceptors (Lipinski definition) is 2. The molecule has 3 nitrogen and oxygen atoms in total. The summed E-state index contributed by atoms with van der Waals surface area (Å²) in [6, 6.07) is 10.2. The van der Waals surface area contributed by atoms with E-state index in [0.717, 1.165) is 11.2 Å². The van der Waals surface area contributed by atoms with Crippen molar-refractivity contribution in [3.8, 4) is 0 Å². The molecule has 0 aliphatic rings. The number of fused-ring (bicyclic) bond motifs is 1. The zero-order chi connectivity index (χ0) is 13.4. The highest BCUT2D eigenvalue weighted by molar-refractivity contribution is 7.71. The van der Waals surface area contributed by atoms with Gasteiger partial charge in [0.05, 0.1) is 17.1 Å². The van der Waals surface area contributed by atoms with Gasteiger partial charge in [0.15, 0.2) is 10.4 Å². The summed E-state index contributed by atoms with van der Waals surface area (Å²) in [6.45, 7) is 2.78. The van der Waals surface area contributed by atoms with Gasteiger partial charge in [0.1, 0.15) is 0 Å². The van der Waals surface area contributed by atoms with Crippen LogP contribution in [0, 0.1) is 11.7 Å². The average Bonchev–Trinajstić information content (AvgIpc) is 2.68. The van der Waals surface area contributed by atoms with E-state index in [1.54, 1.807) is 6.20 Å². The summed E-state index contributed by atoms with van der Waals surface area (Å²) in [7, 11) is 0. The number of imidazole rings is 1. The van der Waals surface area contributed by atoms with Crippen LogP contribution >= 0.6 is 23.8 Å². The summed E-state index contributed by atoms with van der Waals surface area (Å²) in [5.74, 6) is 0. The maximum Gasteiger partial charge on any atom is 0.179 e. The molecule has 0 fully saturated rings. The van der Waals surface area contributed by atoms with E-state index < -0.39 is 0 Å². The van der Waals surface area contributed by atoms with E-state index in [1.165, 1.54) is 11.1 Å². The minimum atomic E-state index is 0.603. The fourth-order valence-electron chi connectivity index (χ4n) is 2.04. The second-order valence-electron chi connectivity index (χ2n) is 4.53. The number of aromatic nitrogens is 3. The van der Waals surface area contributed by atoms with Crippen LogP contribution in [0.3, 0.4) is 0 Å². The zero-order valence-corrected chi connectivity index (χ0v) is 11.9. The molecule has 0 aliphatic carbocycles. The first kappa shape index (κ1) is 12.4. The van der Waals surface area contributed by atoms with Gasteiger partial charge in [-0.25, -0.2) is 4.98 Å². The summed E-state index contributed by atoms with van der Waals surface area (Å²) in [5.41, 5.74) is 4.13. The molecule has 1 N–H and O–H groups in total. The third-order valence-electron chi connectivity index (χ3n) is 3.04. The molecule has 0 spiro atoms. The number of aromatic amines is 1. The first-order chi connectivity index (χ1) is 9.13. The van der Waals surface area contributed by atoms with Crippen LogP contribution in [-0.2, 0) is 6.54 Å². The number of aryl methyl sites for hydroxylation is 1. The lowest BCUT2D eigenvalue weighted by atomic mass is 10.1. The molecule has 5 heteroatoms. The van der Waals surface area contributed by atoms with E-state index >= 15 is 0 Å². The molecular formula is C14H12ClN3S. The number of benzene rings is 1. The number of halogens is 1. The molecule has 2 aromatic heterocycles. The normalized spacial score (nSPS) is 11.1. The van der Waals surface area contributed by atoms with E-state index in [2.05, 4.69) is 41.2 Å². The lowest BCUT2D eigenvalue weighted by Crippen LogP contribution is -2.00. The maximum atomic E-state index is 5.93. The summed E-state index contributed by atoms with van der Waals surface area (Å²) in [5, 5.41) is 0.603. The van der Waals surface area contributed by atoms with Gasteiger partial charge in [-0.1, -0.05) is 41.4 Å². The van der Waals surface area contributed by atoms with Crippen molar-refractivity contribution >= 4 is 35.0 Å². The van der Waals surface area contributed by atoms with Crippen molar-refractivity contribution in [3.63, 3.8) is 0 Å². The number of H-pyrrole nitrogens is 1. The third-order valence-corrected chi connectivity index (χ3v) is 3.57. The SMILES string of the molecule is Cc1ccc(Cn2c(=S)[nH]c3cc(Cl)cnc32)cc1. The van der Waals surface area contributed by atoms with E-state index in [1.807, 2.05) is 10.6 Å². The number of nitrogens with zero attached hydrogens (tertiary/aromatic N) is 2.